The van der Waals surface area contributed by atoms with Crippen molar-refractivity contribution >= 4 is 6.34 Å². The van der Waals surface area contributed by atoms with Gasteiger partial charge in [-0.25, -0.2) is 0 Å². The first-order valence-corrected chi connectivity index (χ1v) is 5.83. The van der Waals surface area contributed by atoms with Gasteiger partial charge in [-0.1, -0.05) is 24.3 Å². The maximum Gasteiger partial charge on any atom is 0.523 e. The highest BCUT2D eigenvalue weighted by molar-refractivity contribution is 5.55. The Hall–Kier alpha value is -1.56. The van der Waals surface area contributed by atoms with Crippen molar-refractivity contribution < 1.29 is 17.9 Å². The number of hydrogen-bond acceptors (Lipinski definition) is 2. The number of rotatable bonds is 6. The Kier molecular flexibility index (Phi) is 5.82. The van der Waals surface area contributed by atoms with Gasteiger partial charge in [0.05, 0.1) is 19.0 Å². The molecule has 0 fully saturated rings. The van der Waals surface area contributed by atoms with Crippen LogP contribution in [0.1, 0.15) is 6.42 Å². The van der Waals surface area contributed by atoms with Gasteiger partial charge in [-0.15, -0.1) is 19.8 Å². The van der Waals surface area contributed by atoms with Crippen LogP contribution in [0.2, 0.25) is 0 Å². The Morgan fingerprint density at radius 2 is 2.32 bits per heavy atom. The molecule has 0 aliphatic heterocycles. The van der Waals surface area contributed by atoms with E-state index in [-0.39, 0.29) is 6.42 Å². The fraction of sp³-hybridized carbons (Fsp3) is 0.462. The highest BCUT2D eigenvalue weighted by Crippen LogP contribution is 2.23. The Balaban J connectivity index is 2.39. The normalized spacial score (nSPS) is 19.6. The molecule has 1 atom stereocenters. The molecular weight excluding hydrogens is 257 g/mol. The third kappa shape index (κ3) is 6.81. The minimum Gasteiger partial charge on any atom is -0.362 e. The number of ether oxygens (including phenoxy) is 1. The molecule has 0 saturated heterocycles. The van der Waals surface area contributed by atoms with Crippen molar-refractivity contribution in [1.29, 1.82) is 0 Å². The van der Waals surface area contributed by atoms with E-state index in [2.05, 4.69) is 16.3 Å². The van der Waals surface area contributed by atoms with E-state index >= 15 is 0 Å². The van der Waals surface area contributed by atoms with E-state index in [0.717, 1.165) is 5.57 Å². The van der Waals surface area contributed by atoms with Crippen molar-refractivity contribution in [2.24, 2.45) is 4.99 Å². The smallest absolute Gasteiger partial charge is 0.362 e. The molecule has 0 aromatic carbocycles. The number of alkyl halides is 3. The van der Waals surface area contributed by atoms with Crippen molar-refractivity contribution in [3.05, 3.63) is 36.5 Å². The fourth-order valence-corrected chi connectivity index (χ4v) is 1.61. The summed E-state index contributed by atoms with van der Waals surface area (Å²) in [6.45, 7) is 4.69. The second kappa shape index (κ2) is 7.13. The summed E-state index contributed by atoms with van der Waals surface area (Å²) in [6, 6.07) is 0. The average Bonchev–Trinajstić information content (AvgIpc) is 2.30. The molecule has 0 saturated carbocycles. The van der Waals surface area contributed by atoms with Gasteiger partial charge in [0.25, 0.3) is 0 Å². The molecule has 19 heavy (non-hydrogen) atoms. The molecule has 0 amide bonds. The quantitative estimate of drug-likeness (QED) is 0.422. The van der Waals surface area contributed by atoms with Gasteiger partial charge in [0, 0.05) is 13.6 Å². The van der Waals surface area contributed by atoms with E-state index in [1.807, 2.05) is 11.9 Å². The Bertz CT molecular complexity index is 386. The summed E-state index contributed by atoms with van der Waals surface area (Å²) in [7, 11) is 1.85. The zero-order valence-corrected chi connectivity index (χ0v) is 10.7. The van der Waals surface area contributed by atoms with E-state index < -0.39 is 12.5 Å². The second-order valence-corrected chi connectivity index (χ2v) is 4.16. The van der Waals surface area contributed by atoms with Crippen molar-refractivity contribution in [2.75, 3.05) is 20.1 Å². The van der Waals surface area contributed by atoms with Gasteiger partial charge in [0.15, 0.2) is 0 Å². The lowest BCUT2D eigenvalue weighted by atomic mass is 10.0. The molecule has 0 radical (unpaired) electrons. The van der Waals surface area contributed by atoms with Gasteiger partial charge < -0.3 is 4.90 Å². The fourth-order valence-electron chi connectivity index (χ4n) is 1.61. The predicted octanol–water partition coefficient (Wildman–Crippen LogP) is 2.92. The summed E-state index contributed by atoms with van der Waals surface area (Å²) in [4.78, 5) is 5.93. The molecular formula is C13H17F3N2O. The van der Waals surface area contributed by atoms with E-state index in [0.29, 0.717) is 13.1 Å². The predicted molar refractivity (Wildman–Crippen MR) is 69.0 cm³/mol. The van der Waals surface area contributed by atoms with E-state index in [1.54, 1.807) is 24.6 Å². The van der Waals surface area contributed by atoms with Crippen molar-refractivity contribution in [3.8, 4) is 0 Å². The van der Waals surface area contributed by atoms with Gasteiger partial charge >= 0.3 is 6.36 Å². The van der Waals surface area contributed by atoms with Gasteiger partial charge in [-0.3, -0.25) is 9.73 Å². The van der Waals surface area contributed by atoms with E-state index in [1.165, 1.54) is 6.08 Å². The minimum absolute atomic E-state index is 0.225. The van der Waals surface area contributed by atoms with Crippen LogP contribution in [0.15, 0.2) is 41.4 Å². The lowest BCUT2D eigenvalue weighted by Crippen LogP contribution is -2.24. The number of halogens is 3. The summed E-state index contributed by atoms with van der Waals surface area (Å²) in [6.07, 6.45) is 2.89. The van der Waals surface area contributed by atoms with Crippen LogP contribution in [0.5, 0.6) is 0 Å². The van der Waals surface area contributed by atoms with Crippen molar-refractivity contribution in [2.45, 2.75) is 18.9 Å². The molecule has 6 heteroatoms. The maximum atomic E-state index is 12.0. The summed E-state index contributed by atoms with van der Waals surface area (Å²) in [5.41, 5.74) is 0.939. The van der Waals surface area contributed by atoms with E-state index in [9.17, 15) is 13.2 Å². The Morgan fingerprint density at radius 1 is 1.58 bits per heavy atom. The van der Waals surface area contributed by atoms with Crippen LogP contribution in [-0.2, 0) is 4.74 Å². The second-order valence-electron chi connectivity index (χ2n) is 4.16. The summed E-state index contributed by atoms with van der Waals surface area (Å²) in [5.74, 6) is 0. The van der Waals surface area contributed by atoms with Gasteiger partial charge in [0.2, 0.25) is 0 Å². The standard InChI is InChI=1S/C13H17F3N2O/c1-3-8-17-10-18(2)9-11-4-6-12(7-5-11)19-13(14,15)16/h3-6,10,12H,1,7-9H2,2H3. The van der Waals surface area contributed by atoms with Gasteiger partial charge in [0.1, 0.15) is 0 Å². The molecule has 0 aromatic rings. The molecule has 1 aliphatic rings. The van der Waals surface area contributed by atoms with Crippen LogP contribution in [0.25, 0.3) is 0 Å². The molecule has 1 rings (SSSR count). The highest BCUT2D eigenvalue weighted by atomic mass is 19.4. The first-order chi connectivity index (χ1) is 8.90. The lowest BCUT2D eigenvalue weighted by Gasteiger charge is -2.20. The van der Waals surface area contributed by atoms with Crippen LogP contribution in [-0.4, -0.2) is 43.8 Å². The Labute approximate surface area is 110 Å². The minimum atomic E-state index is -4.59. The van der Waals surface area contributed by atoms with Crippen LogP contribution >= 0.6 is 0 Å². The zero-order chi connectivity index (χ0) is 14.3. The summed E-state index contributed by atoms with van der Waals surface area (Å²) < 4.78 is 40.0. The van der Waals surface area contributed by atoms with Crippen LogP contribution in [0.3, 0.4) is 0 Å². The molecule has 106 valence electrons. The average molecular weight is 274 g/mol. The molecule has 1 unspecified atom stereocenters. The molecule has 0 heterocycles. The summed E-state index contributed by atoms with van der Waals surface area (Å²) in [5, 5.41) is 0. The van der Waals surface area contributed by atoms with E-state index in [4.69, 9.17) is 0 Å². The third-order valence-electron chi connectivity index (χ3n) is 2.37. The number of nitrogens with zero attached hydrogens (tertiary/aromatic N) is 2. The molecule has 1 aliphatic carbocycles. The zero-order valence-electron chi connectivity index (χ0n) is 10.7. The first kappa shape index (κ1) is 15.5. The summed E-state index contributed by atoms with van der Waals surface area (Å²) >= 11 is 0. The van der Waals surface area contributed by atoms with Gasteiger partial charge in [-0.2, -0.15) is 0 Å². The number of aliphatic imine (C=N–C) groups is 1. The molecule has 0 N–H and O–H groups in total. The Morgan fingerprint density at radius 3 is 2.84 bits per heavy atom. The molecule has 0 aromatic heterocycles. The maximum absolute atomic E-state index is 12.0. The molecule has 0 bridgehead atoms. The monoisotopic (exact) mass is 274 g/mol. The highest BCUT2D eigenvalue weighted by Gasteiger charge is 2.32. The van der Waals surface area contributed by atoms with Gasteiger partial charge in [-0.05, 0) is 12.0 Å². The third-order valence-corrected chi connectivity index (χ3v) is 2.37. The number of hydrogen-bond donors (Lipinski definition) is 0. The lowest BCUT2D eigenvalue weighted by molar-refractivity contribution is -0.336. The number of likely N-dealkylation sites (N-methyl/N-ethyl adjacent to an activating group) is 1. The molecule has 0 spiro atoms. The van der Waals surface area contributed by atoms with Crippen molar-refractivity contribution in [3.63, 3.8) is 0 Å². The largest absolute Gasteiger partial charge is 0.523 e. The van der Waals surface area contributed by atoms with Crippen LogP contribution in [0.4, 0.5) is 13.2 Å². The molecule has 3 nitrogen and oxygen atoms in total. The topological polar surface area (TPSA) is 24.8 Å². The van der Waals surface area contributed by atoms with Crippen LogP contribution in [0, 0.1) is 0 Å². The van der Waals surface area contributed by atoms with Crippen molar-refractivity contribution in [1.82, 2.24) is 4.90 Å². The van der Waals surface area contributed by atoms with Crippen LogP contribution < -0.4 is 0 Å². The SMILES string of the molecule is C=CCN=CN(C)CC1=CCC(OC(F)(F)F)C=C1. The first-order valence-electron chi connectivity index (χ1n) is 5.83.